The van der Waals surface area contributed by atoms with Crippen LogP contribution in [-0.2, 0) is 14.8 Å². The van der Waals surface area contributed by atoms with Crippen molar-refractivity contribution in [1.82, 2.24) is 9.21 Å². The van der Waals surface area contributed by atoms with Gasteiger partial charge in [0.15, 0.2) is 0 Å². The molecule has 0 aliphatic carbocycles. The predicted molar refractivity (Wildman–Crippen MR) is 80.5 cm³/mol. The molecule has 0 atom stereocenters. The highest BCUT2D eigenvalue weighted by Gasteiger charge is 2.34. The van der Waals surface area contributed by atoms with Crippen LogP contribution in [-0.4, -0.2) is 61.3 Å². The average molecular weight is 344 g/mol. The van der Waals surface area contributed by atoms with E-state index in [1.165, 1.54) is 4.31 Å². The van der Waals surface area contributed by atoms with Gasteiger partial charge in [-0.15, -0.1) is 0 Å². The SMILES string of the molecule is CCN(C)C(=O)C1CCN(S(=O)(=O)c2ccc(C(=O)O)o2)CC1. The zero-order valence-corrected chi connectivity index (χ0v) is 13.9. The number of carbonyl (C=O) groups excluding carboxylic acids is 1. The van der Waals surface area contributed by atoms with E-state index >= 15 is 0 Å². The van der Waals surface area contributed by atoms with E-state index in [0.717, 1.165) is 12.1 Å². The van der Waals surface area contributed by atoms with E-state index in [-0.39, 0.29) is 30.0 Å². The van der Waals surface area contributed by atoms with E-state index in [2.05, 4.69) is 0 Å². The van der Waals surface area contributed by atoms with E-state index in [4.69, 9.17) is 9.52 Å². The molecule has 2 rings (SSSR count). The van der Waals surface area contributed by atoms with Gasteiger partial charge in [0.05, 0.1) is 0 Å². The Bertz CT molecular complexity index is 688. The van der Waals surface area contributed by atoms with E-state index < -0.39 is 21.8 Å². The van der Waals surface area contributed by atoms with Crippen LogP contribution in [0.4, 0.5) is 0 Å². The lowest BCUT2D eigenvalue weighted by Gasteiger charge is -2.31. The summed E-state index contributed by atoms with van der Waals surface area (Å²) in [5.41, 5.74) is 0. The van der Waals surface area contributed by atoms with Gasteiger partial charge in [0.2, 0.25) is 16.8 Å². The summed E-state index contributed by atoms with van der Waals surface area (Å²) in [4.78, 5) is 24.5. The number of carboxylic acids is 1. The number of piperidine rings is 1. The van der Waals surface area contributed by atoms with Crippen molar-refractivity contribution in [3.63, 3.8) is 0 Å². The minimum Gasteiger partial charge on any atom is -0.475 e. The van der Waals surface area contributed by atoms with E-state index in [0.29, 0.717) is 19.4 Å². The van der Waals surface area contributed by atoms with Gasteiger partial charge in [0, 0.05) is 32.6 Å². The first kappa shape index (κ1) is 17.5. The molecule has 1 fully saturated rings. The monoisotopic (exact) mass is 344 g/mol. The van der Waals surface area contributed by atoms with Crippen LogP contribution < -0.4 is 0 Å². The molecular formula is C14H20N2O6S. The van der Waals surface area contributed by atoms with Crippen molar-refractivity contribution >= 4 is 21.9 Å². The van der Waals surface area contributed by atoms with Crippen LogP contribution in [0.5, 0.6) is 0 Å². The normalized spacial score (nSPS) is 17.1. The fourth-order valence-electron chi connectivity index (χ4n) is 2.51. The number of rotatable bonds is 5. The molecule has 0 aromatic carbocycles. The zero-order chi connectivity index (χ0) is 17.2. The summed E-state index contributed by atoms with van der Waals surface area (Å²) in [6.45, 7) is 2.91. The van der Waals surface area contributed by atoms with Crippen LogP contribution >= 0.6 is 0 Å². The Labute approximate surface area is 134 Å². The number of sulfonamides is 1. The van der Waals surface area contributed by atoms with Crippen molar-refractivity contribution < 1.29 is 27.5 Å². The summed E-state index contributed by atoms with van der Waals surface area (Å²) < 4.78 is 31.0. The van der Waals surface area contributed by atoms with Crippen LogP contribution in [0.1, 0.15) is 30.3 Å². The summed E-state index contributed by atoms with van der Waals surface area (Å²) in [5, 5.41) is 8.42. The molecule has 1 aliphatic heterocycles. The largest absolute Gasteiger partial charge is 0.475 e. The van der Waals surface area contributed by atoms with Gasteiger partial charge in [-0.25, -0.2) is 13.2 Å². The molecule has 0 spiro atoms. The summed E-state index contributed by atoms with van der Waals surface area (Å²) in [7, 11) is -2.15. The van der Waals surface area contributed by atoms with Crippen molar-refractivity contribution in [2.75, 3.05) is 26.7 Å². The van der Waals surface area contributed by atoms with Crippen LogP contribution in [0.2, 0.25) is 0 Å². The number of carbonyl (C=O) groups is 2. The summed E-state index contributed by atoms with van der Waals surface area (Å²) in [5.74, 6) is -1.90. The third-order valence-electron chi connectivity index (χ3n) is 4.04. The lowest BCUT2D eigenvalue weighted by atomic mass is 9.97. The van der Waals surface area contributed by atoms with E-state index in [9.17, 15) is 18.0 Å². The number of aromatic carboxylic acids is 1. The van der Waals surface area contributed by atoms with Crippen LogP contribution in [0.15, 0.2) is 21.6 Å². The van der Waals surface area contributed by atoms with Crippen molar-refractivity contribution in [2.24, 2.45) is 5.92 Å². The van der Waals surface area contributed by atoms with Gasteiger partial charge >= 0.3 is 5.97 Å². The third-order valence-corrected chi connectivity index (χ3v) is 5.81. The molecule has 0 bridgehead atoms. The fourth-order valence-corrected chi connectivity index (χ4v) is 3.89. The molecule has 0 saturated carbocycles. The van der Waals surface area contributed by atoms with Crippen molar-refractivity contribution in [3.8, 4) is 0 Å². The first-order chi connectivity index (χ1) is 10.8. The molecule has 2 heterocycles. The van der Waals surface area contributed by atoms with Crippen molar-refractivity contribution in [2.45, 2.75) is 24.9 Å². The second-order valence-corrected chi connectivity index (χ2v) is 7.32. The highest BCUT2D eigenvalue weighted by atomic mass is 32.2. The smallest absolute Gasteiger partial charge is 0.371 e. The number of carboxylic acid groups (broad SMARTS) is 1. The Kier molecular flexibility index (Phi) is 5.10. The van der Waals surface area contributed by atoms with Gasteiger partial charge < -0.3 is 14.4 Å². The molecule has 1 saturated heterocycles. The zero-order valence-electron chi connectivity index (χ0n) is 13.1. The highest BCUT2D eigenvalue weighted by molar-refractivity contribution is 7.89. The second kappa shape index (κ2) is 6.71. The maximum Gasteiger partial charge on any atom is 0.371 e. The van der Waals surface area contributed by atoms with Crippen LogP contribution in [0.3, 0.4) is 0 Å². The molecule has 8 nitrogen and oxygen atoms in total. The van der Waals surface area contributed by atoms with Crippen LogP contribution in [0, 0.1) is 5.92 Å². The standard InChI is InChI=1S/C14H20N2O6S/c1-3-15(2)13(17)10-6-8-16(9-7-10)23(20,21)12-5-4-11(22-12)14(18)19/h4-5,10H,3,6-9H2,1-2H3,(H,18,19). The van der Waals surface area contributed by atoms with Gasteiger partial charge in [-0.1, -0.05) is 0 Å². The van der Waals surface area contributed by atoms with Gasteiger partial charge in [-0.2, -0.15) is 4.31 Å². The molecule has 1 aliphatic rings. The molecule has 1 amide bonds. The maximum atomic E-state index is 12.4. The van der Waals surface area contributed by atoms with Crippen molar-refractivity contribution in [1.29, 1.82) is 0 Å². The van der Waals surface area contributed by atoms with Crippen LogP contribution in [0.25, 0.3) is 0 Å². The lowest BCUT2D eigenvalue weighted by Crippen LogP contribution is -2.43. The van der Waals surface area contributed by atoms with Gasteiger partial charge in [0.25, 0.3) is 10.0 Å². The lowest BCUT2D eigenvalue weighted by molar-refractivity contribution is -0.135. The number of hydrogen-bond acceptors (Lipinski definition) is 5. The molecule has 1 N–H and O–H groups in total. The number of furan rings is 1. The Balaban J connectivity index is 2.06. The summed E-state index contributed by atoms with van der Waals surface area (Å²) in [6, 6.07) is 2.25. The van der Waals surface area contributed by atoms with Gasteiger partial charge in [-0.05, 0) is 31.9 Å². The maximum absolute atomic E-state index is 12.4. The molecular weight excluding hydrogens is 324 g/mol. The highest BCUT2D eigenvalue weighted by Crippen LogP contribution is 2.26. The topological polar surface area (TPSA) is 108 Å². The Morgan fingerprint density at radius 3 is 2.43 bits per heavy atom. The second-order valence-electron chi connectivity index (χ2n) is 5.45. The third kappa shape index (κ3) is 3.56. The quantitative estimate of drug-likeness (QED) is 0.848. The average Bonchev–Trinajstić information content (AvgIpc) is 3.04. The summed E-state index contributed by atoms with van der Waals surface area (Å²) in [6.07, 6.45) is 0.879. The molecule has 1 aromatic heterocycles. The Morgan fingerprint density at radius 2 is 1.96 bits per heavy atom. The fraction of sp³-hybridized carbons (Fsp3) is 0.571. The Morgan fingerprint density at radius 1 is 1.35 bits per heavy atom. The minimum absolute atomic E-state index is 0.0238. The molecule has 23 heavy (non-hydrogen) atoms. The Hall–Kier alpha value is -1.87. The molecule has 0 unspecified atom stereocenters. The molecule has 9 heteroatoms. The number of amides is 1. The van der Waals surface area contributed by atoms with Gasteiger partial charge in [0.1, 0.15) is 0 Å². The number of hydrogen-bond donors (Lipinski definition) is 1. The van der Waals surface area contributed by atoms with Crippen molar-refractivity contribution in [3.05, 3.63) is 17.9 Å². The summed E-state index contributed by atoms with van der Waals surface area (Å²) >= 11 is 0. The number of nitrogens with zero attached hydrogens (tertiary/aromatic N) is 2. The molecule has 1 aromatic rings. The van der Waals surface area contributed by atoms with E-state index in [1.54, 1.807) is 11.9 Å². The molecule has 0 radical (unpaired) electrons. The first-order valence-electron chi connectivity index (χ1n) is 7.35. The predicted octanol–water partition coefficient (Wildman–Crippen LogP) is 0.857. The molecule has 128 valence electrons. The van der Waals surface area contributed by atoms with Gasteiger partial charge in [-0.3, -0.25) is 4.79 Å². The van der Waals surface area contributed by atoms with E-state index in [1.807, 2.05) is 6.92 Å². The minimum atomic E-state index is -3.87. The first-order valence-corrected chi connectivity index (χ1v) is 8.79.